The van der Waals surface area contributed by atoms with E-state index in [1.165, 1.54) is 0 Å². The van der Waals surface area contributed by atoms with E-state index in [0.29, 0.717) is 0 Å². The largest absolute Gasteiger partial charge is 0.314 e. The van der Waals surface area contributed by atoms with Gasteiger partial charge in [-0.15, -0.1) is 0 Å². The van der Waals surface area contributed by atoms with Gasteiger partial charge in [0.05, 0.1) is 0 Å². The Morgan fingerprint density at radius 3 is 2.40 bits per heavy atom. The van der Waals surface area contributed by atoms with Crippen molar-refractivity contribution >= 4 is 0 Å². The van der Waals surface area contributed by atoms with E-state index in [0.717, 1.165) is 0 Å². The van der Waals surface area contributed by atoms with Gasteiger partial charge in [0.15, 0.2) is 6.67 Å². The quantitative estimate of drug-likeness (QED) is 0.406. The maximum Gasteiger partial charge on any atom is 0.242 e. The summed E-state index contributed by atoms with van der Waals surface area (Å²) in [7, 11) is 0. The third-order valence-electron chi connectivity index (χ3n) is 0.196. The Hall–Kier alpha value is -0.580. The van der Waals surface area contributed by atoms with E-state index in [-0.39, 0.29) is 6.54 Å². The molecular formula is C3H4FN. The van der Waals surface area contributed by atoms with Crippen molar-refractivity contribution in [3.63, 3.8) is 0 Å². The van der Waals surface area contributed by atoms with Crippen LogP contribution in [0.5, 0.6) is 0 Å². The SMILES string of the molecule is [C-]#[N+]CCF. The lowest BCUT2D eigenvalue weighted by atomic mass is 10.8. The molecular weight excluding hydrogens is 69.0 g/mol. The van der Waals surface area contributed by atoms with Crippen molar-refractivity contribution in [2.24, 2.45) is 0 Å². The average Bonchev–Trinajstić information content (AvgIpc) is 1.41. The third kappa shape index (κ3) is 3.42. The minimum absolute atomic E-state index is 0.0139. The highest BCUT2D eigenvalue weighted by Crippen LogP contribution is 1.65. The van der Waals surface area contributed by atoms with E-state index in [1.807, 2.05) is 0 Å². The van der Waals surface area contributed by atoms with E-state index in [2.05, 4.69) is 4.85 Å². The summed E-state index contributed by atoms with van der Waals surface area (Å²) >= 11 is 0. The van der Waals surface area contributed by atoms with Gasteiger partial charge >= 0.3 is 0 Å². The fraction of sp³-hybridized carbons (Fsp3) is 0.667. The first kappa shape index (κ1) is 4.42. The normalized spacial score (nSPS) is 6.40. The maximum absolute atomic E-state index is 10.8. The van der Waals surface area contributed by atoms with E-state index >= 15 is 0 Å². The number of hydrogen-bond donors (Lipinski definition) is 0. The molecule has 0 spiro atoms. The molecule has 0 saturated heterocycles. The van der Waals surface area contributed by atoms with Crippen LogP contribution in [0.3, 0.4) is 0 Å². The van der Waals surface area contributed by atoms with E-state index < -0.39 is 6.67 Å². The Kier molecular flexibility index (Phi) is 3.02. The Bertz CT molecular complexity index is 45.3. The molecule has 28 valence electrons. The number of nitrogens with zero attached hydrogens (tertiary/aromatic N) is 1. The molecule has 0 heterocycles. The molecule has 5 heavy (non-hydrogen) atoms. The van der Waals surface area contributed by atoms with Gasteiger partial charge in [-0.1, -0.05) is 0 Å². The summed E-state index contributed by atoms with van der Waals surface area (Å²) in [4.78, 5) is 2.73. The van der Waals surface area contributed by atoms with E-state index in [4.69, 9.17) is 6.57 Å². The predicted octanol–water partition coefficient (Wildman–Crippen LogP) is 0.875. The number of halogens is 1. The molecule has 0 atom stereocenters. The molecule has 0 radical (unpaired) electrons. The van der Waals surface area contributed by atoms with Crippen LogP contribution in [0, 0.1) is 6.57 Å². The lowest BCUT2D eigenvalue weighted by Crippen LogP contribution is -1.71. The van der Waals surface area contributed by atoms with Gasteiger partial charge in [0.25, 0.3) is 0 Å². The minimum atomic E-state index is -0.510. The molecule has 1 nitrogen and oxygen atoms in total. The summed E-state index contributed by atoms with van der Waals surface area (Å²) in [5.41, 5.74) is 0. The van der Waals surface area contributed by atoms with Crippen LogP contribution in [-0.2, 0) is 0 Å². The molecule has 0 aliphatic heterocycles. The number of alkyl halides is 1. The lowest BCUT2D eigenvalue weighted by Gasteiger charge is -1.63. The summed E-state index contributed by atoms with van der Waals surface area (Å²) in [6.07, 6.45) is 0. The van der Waals surface area contributed by atoms with Crippen molar-refractivity contribution in [3.05, 3.63) is 11.4 Å². The highest BCUT2D eigenvalue weighted by atomic mass is 19.1. The lowest BCUT2D eigenvalue weighted by molar-refractivity contribution is 0.519. The zero-order valence-corrected chi connectivity index (χ0v) is 2.74. The molecule has 2 heteroatoms. The van der Waals surface area contributed by atoms with Gasteiger partial charge in [0.1, 0.15) is 0 Å². The molecule has 0 unspecified atom stereocenters. The minimum Gasteiger partial charge on any atom is -0.314 e. The van der Waals surface area contributed by atoms with Crippen molar-refractivity contribution in [3.8, 4) is 0 Å². The molecule has 0 saturated carbocycles. The first-order valence-corrected chi connectivity index (χ1v) is 1.31. The Balaban J connectivity index is 2.48. The molecule has 0 rings (SSSR count). The first-order chi connectivity index (χ1) is 2.41. The van der Waals surface area contributed by atoms with E-state index in [1.54, 1.807) is 0 Å². The van der Waals surface area contributed by atoms with Crippen LogP contribution >= 0.6 is 0 Å². The van der Waals surface area contributed by atoms with Gasteiger partial charge in [-0.05, 0) is 0 Å². The molecule has 0 aromatic carbocycles. The van der Waals surface area contributed by atoms with Gasteiger partial charge in [-0.2, -0.15) is 0 Å². The fourth-order valence-corrected chi connectivity index (χ4v) is 0.0423. The van der Waals surface area contributed by atoms with Crippen molar-refractivity contribution in [1.82, 2.24) is 0 Å². The van der Waals surface area contributed by atoms with Crippen LogP contribution in [0.15, 0.2) is 0 Å². The smallest absolute Gasteiger partial charge is 0.242 e. The summed E-state index contributed by atoms with van der Waals surface area (Å²) in [5, 5.41) is 0. The van der Waals surface area contributed by atoms with Crippen LogP contribution in [-0.4, -0.2) is 13.2 Å². The second-order valence-corrected chi connectivity index (χ2v) is 0.571. The topological polar surface area (TPSA) is 4.36 Å². The monoisotopic (exact) mass is 73.0 g/mol. The second kappa shape index (κ2) is 3.42. The fourth-order valence-electron chi connectivity index (χ4n) is 0.0423. The second-order valence-electron chi connectivity index (χ2n) is 0.571. The van der Waals surface area contributed by atoms with Crippen molar-refractivity contribution in [2.75, 3.05) is 13.2 Å². The van der Waals surface area contributed by atoms with Crippen LogP contribution in [0.1, 0.15) is 0 Å². The van der Waals surface area contributed by atoms with Crippen molar-refractivity contribution in [1.29, 1.82) is 0 Å². The van der Waals surface area contributed by atoms with Crippen LogP contribution < -0.4 is 0 Å². The van der Waals surface area contributed by atoms with Gasteiger partial charge in [-0.25, -0.2) is 11.0 Å². The molecule has 0 fully saturated rings. The Morgan fingerprint density at radius 2 is 2.40 bits per heavy atom. The predicted molar refractivity (Wildman–Crippen MR) is 17.4 cm³/mol. The molecule has 0 N–H and O–H groups in total. The summed E-state index contributed by atoms with van der Waals surface area (Å²) in [6, 6.07) is 0. The van der Waals surface area contributed by atoms with Gasteiger partial charge in [0.2, 0.25) is 6.54 Å². The summed E-state index contributed by atoms with van der Waals surface area (Å²) in [6.45, 7) is 5.49. The maximum atomic E-state index is 10.8. The number of rotatable bonds is 1. The van der Waals surface area contributed by atoms with Crippen LogP contribution in [0.2, 0.25) is 0 Å². The average molecular weight is 73.1 g/mol. The standard InChI is InChI=1S/C3H4FN/c1-5-3-2-4/h2-3H2. The Morgan fingerprint density at radius 1 is 1.80 bits per heavy atom. The van der Waals surface area contributed by atoms with Gasteiger partial charge < -0.3 is 4.85 Å². The van der Waals surface area contributed by atoms with Crippen LogP contribution in [0.25, 0.3) is 4.85 Å². The van der Waals surface area contributed by atoms with Crippen LogP contribution in [0.4, 0.5) is 4.39 Å². The van der Waals surface area contributed by atoms with Gasteiger partial charge in [-0.3, -0.25) is 0 Å². The summed E-state index contributed by atoms with van der Waals surface area (Å²) in [5.74, 6) is 0. The highest BCUT2D eigenvalue weighted by molar-refractivity contribution is 4.53. The van der Waals surface area contributed by atoms with E-state index in [9.17, 15) is 4.39 Å². The van der Waals surface area contributed by atoms with Crippen molar-refractivity contribution in [2.45, 2.75) is 0 Å². The highest BCUT2D eigenvalue weighted by Gasteiger charge is 1.73. The molecule has 0 amide bonds. The van der Waals surface area contributed by atoms with Crippen molar-refractivity contribution < 1.29 is 4.39 Å². The number of hydrogen-bond acceptors (Lipinski definition) is 0. The Labute approximate surface area is 30.2 Å². The zero-order chi connectivity index (χ0) is 4.12. The summed E-state index contributed by atoms with van der Waals surface area (Å²) < 4.78 is 10.8. The molecule has 0 aromatic heterocycles. The zero-order valence-electron chi connectivity index (χ0n) is 2.74. The molecule has 0 aliphatic rings. The third-order valence-corrected chi connectivity index (χ3v) is 0.196. The molecule has 0 bridgehead atoms. The molecule has 0 aliphatic carbocycles. The molecule has 0 aromatic rings. The van der Waals surface area contributed by atoms with Gasteiger partial charge in [0, 0.05) is 0 Å². The first-order valence-electron chi connectivity index (χ1n) is 1.31.